The van der Waals surface area contributed by atoms with E-state index in [1.165, 1.54) is 0 Å². The van der Waals surface area contributed by atoms with Crippen LogP contribution in [0.5, 0.6) is 0 Å². The molecule has 0 fully saturated rings. The van der Waals surface area contributed by atoms with Gasteiger partial charge < -0.3 is 0 Å². The molecule has 0 spiro atoms. The Morgan fingerprint density at radius 3 is 0.714 bits per heavy atom. The van der Waals surface area contributed by atoms with Gasteiger partial charge in [0.2, 0.25) is 0 Å². The SMILES string of the molecule is C.C.CC(C)(C)C. The summed E-state index contributed by atoms with van der Waals surface area (Å²) in [5, 5.41) is 0. The molecule has 0 atom stereocenters. The topological polar surface area (TPSA) is 0 Å². The molecular formula is C7H20. The fourth-order valence-corrected chi connectivity index (χ4v) is 0. The van der Waals surface area contributed by atoms with E-state index < -0.39 is 0 Å². The normalized spacial score (nSPS) is 8.57. The van der Waals surface area contributed by atoms with Crippen LogP contribution < -0.4 is 0 Å². The molecule has 0 unspecified atom stereocenters. The molecule has 0 heterocycles. The summed E-state index contributed by atoms with van der Waals surface area (Å²) in [6, 6.07) is 0. The second kappa shape index (κ2) is 4.17. The second-order valence-electron chi connectivity index (χ2n) is 3.00. The van der Waals surface area contributed by atoms with Gasteiger partial charge in [-0.3, -0.25) is 0 Å². The molecule has 0 amide bonds. The van der Waals surface area contributed by atoms with E-state index in [-0.39, 0.29) is 14.9 Å². The summed E-state index contributed by atoms with van der Waals surface area (Å²) < 4.78 is 0. The van der Waals surface area contributed by atoms with Crippen LogP contribution in [0.15, 0.2) is 0 Å². The molecule has 0 aliphatic rings. The van der Waals surface area contributed by atoms with E-state index in [9.17, 15) is 0 Å². The molecule has 0 rings (SSSR count). The minimum Gasteiger partial charge on any atom is -0.0776 e. The van der Waals surface area contributed by atoms with Crippen LogP contribution in [-0.2, 0) is 0 Å². The molecule has 0 bridgehead atoms. The van der Waals surface area contributed by atoms with E-state index in [2.05, 4.69) is 27.7 Å². The molecule has 0 heteroatoms. The Labute approximate surface area is 48.9 Å². The lowest BCUT2D eigenvalue weighted by atomic mass is 10.0. The summed E-state index contributed by atoms with van der Waals surface area (Å²) >= 11 is 0. The molecule has 0 saturated heterocycles. The predicted octanol–water partition coefficient (Wildman–Crippen LogP) is 3.32. The zero-order valence-electron chi connectivity index (χ0n) is 4.50. The van der Waals surface area contributed by atoms with Gasteiger partial charge in [-0.15, -0.1) is 0 Å². The molecule has 0 N–H and O–H groups in total. The Morgan fingerprint density at radius 2 is 0.714 bits per heavy atom. The first-order valence-corrected chi connectivity index (χ1v) is 2.00. The Hall–Kier alpha value is 0. The van der Waals surface area contributed by atoms with E-state index in [0.29, 0.717) is 5.41 Å². The van der Waals surface area contributed by atoms with E-state index in [0.717, 1.165) is 0 Å². The van der Waals surface area contributed by atoms with Gasteiger partial charge in [-0.2, -0.15) is 0 Å². The van der Waals surface area contributed by atoms with E-state index in [1.54, 1.807) is 0 Å². The van der Waals surface area contributed by atoms with Crippen LogP contribution in [0, 0.1) is 5.41 Å². The average Bonchev–Trinajstić information content (AvgIpc) is 0.722. The van der Waals surface area contributed by atoms with Crippen molar-refractivity contribution >= 4 is 0 Å². The Kier molecular flexibility index (Phi) is 9.38. The molecule has 0 aromatic heterocycles. The summed E-state index contributed by atoms with van der Waals surface area (Å²) in [5.41, 5.74) is 0.500. The molecule has 7 heavy (non-hydrogen) atoms. The van der Waals surface area contributed by atoms with Gasteiger partial charge in [0.05, 0.1) is 0 Å². The van der Waals surface area contributed by atoms with Crippen molar-refractivity contribution in [3.05, 3.63) is 0 Å². The molecule has 0 aromatic carbocycles. The minimum atomic E-state index is 0. The Morgan fingerprint density at radius 1 is 0.714 bits per heavy atom. The zero-order valence-corrected chi connectivity index (χ0v) is 4.50. The summed E-state index contributed by atoms with van der Waals surface area (Å²) in [7, 11) is 0. The van der Waals surface area contributed by atoms with Gasteiger partial charge >= 0.3 is 0 Å². The van der Waals surface area contributed by atoms with Gasteiger partial charge in [0.15, 0.2) is 0 Å². The zero-order chi connectivity index (χ0) is 4.50. The maximum atomic E-state index is 2.19. The molecule has 0 aromatic rings. The molecular weight excluding hydrogens is 84.1 g/mol. The molecule has 0 aliphatic carbocycles. The van der Waals surface area contributed by atoms with Crippen molar-refractivity contribution < 1.29 is 0 Å². The van der Waals surface area contributed by atoms with E-state index in [1.807, 2.05) is 0 Å². The van der Waals surface area contributed by atoms with Crippen LogP contribution in [0.25, 0.3) is 0 Å². The molecule has 48 valence electrons. The average molecular weight is 104 g/mol. The third-order valence-corrected chi connectivity index (χ3v) is 0. The fraction of sp³-hybridized carbons (Fsp3) is 1.00. The fourth-order valence-electron chi connectivity index (χ4n) is 0. The van der Waals surface area contributed by atoms with Gasteiger partial charge in [-0.1, -0.05) is 42.5 Å². The van der Waals surface area contributed by atoms with Crippen LogP contribution >= 0.6 is 0 Å². The quantitative estimate of drug-likeness (QED) is 0.442. The van der Waals surface area contributed by atoms with Crippen molar-refractivity contribution in [1.82, 2.24) is 0 Å². The lowest BCUT2D eigenvalue weighted by Crippen LogP contribution is -1.93. The number of rotatable bonds is 0. The van der Waals surface area contributed by atoms with Gasteiger partial charge in [0.25, 0.3) is 0 Å². The lowest BCUT2D eigenvalue weighted by molar-refractivity contribution is 0.469. The van der Waals surface area contributed by atoms with Crippen LogP contribution in [0.3, 0.4) is 0 Å². The van der Waals surface area contributed by atoms with Gasteiger partial charge in [0.1, 0.15) is 0 Å². The monoisotopic (exact) mass is 104 g/mol. The van der Waals surface area contributed by atoms with Crippen molar-refractivity contribution in [2.24, 2.45) is 5.41 Å². The molecule has 0 radical (unpaired) electrons. The Balaban J connectivity index is -0.0000000800. The molecule has 0 saturated carbocycles. The first-order chi connectivity index (χ1) is 2.00. The van der Waals surface area contributed by atoms with Gasteiger partial charge in [-0.05, 0) is 5.41 Å². The van der Waals surface area contributed by atoms with Crippen molar-refractivity contribution in [3.63, 3.8) is 0 Å². The molecule has 0 nitrogen and oxygen atoms in total. The van der Waals surface area contributed by atoms with Crippen molar-refractivity contribution in [1.29, 1.82) is 0 Å². The van der Waals surface area contributed by atoms with Crippen LogP contribution in [0.4, 0.5) is 0 Å². The second-order valence-corrected chi connectivity index (χ2v) is 3.00. The van der Waals surface area contributed by atoms with Crippen molar-refractivity contribution in [2.45, 2.75) is 42.5 Å². The van der Waals surface area contributed by atoms with Crippen molar-refractivity contribution in [2.75, 3.05) is 0 Å². The van der Waals surface area contributed by atoms with Gasteiger partial charge in [0, 0.05) is 0 Å². The third-order valence-electron chi connectivity index (χ3n) is 0. The maximum absolute atomic E-state index is 2.19. The summed E-state index contributed by atoms with van der Waals surface area (Å²) in [6.07, 6.45) is 0. The highest BCUT2D eigenvalue weighted by atomic mass is 14.0. The van der Waals surface area contributed by atoms with Crippen LogP contribution in [-0.4, -0.2) is 0 Å². The van der Waals surface area contributed by atoms with Crippen LogP contribution in [0.1, 0.15) is 42.5 Å². The lowest BCUT2D eigenvalue weighted by Gasteiger charge is -2.05. The summed E-state index contributed by atoms with van der Waals surface area (Å²) in [5.74, 6) is 0. The Bertz CT molecular complexity index is 15.5. The maximum Gasteiger partial charge on any atom is -0.0411 e. The summed E-state index contributed by atoms with van der Waals surface area (Å²) in [4.78, 5) is 0. The van der Waals surface area contributed by atoms with Crippen LogP contribution in [0.2, 0.25) is 0 Å². The highest BCUT2D eigenvalue weighted by Crippen LogP contribution is 2.07. The first kappa shape index (κ1) is 15.8. The minimum absolute atomic E-state index is 0. The summed E-state index contributed by atoms with van der Waals surface area (Å²) in [6.45, 7) is 8.75. The number of hydrogen-bond donors (Lipinski definition) is 0. The highest BCUT2D eigenvalue weighted by Gasteiger charge is 1.95. The predicted molar refractivity (Wildman–Crippen MR) is 38.6 cm³/mol. The smallest absolute Gasteiger partial charge is 0.0411 e. The van der Waals surface area contributed by atoms with E-state index >= 15 is 0 Å². The van der Waals surface area contributed by atoms with Crippen molar-refractivity contribution in [3.8, 4) is 0 Å². The van der Waals surface area contributed by atoms with Gasteiger partial charge in [-0.25, -0.2) is 0 Å². The molecule has 0 aliphatic heterocycles. The third kappa shape index (κ3) is 0. The largest absolute Gasteiger partial charge is 0.0776 e. The number of hydrogen-bond acceptors (Lipinski definition) is 0. The van der Waals surface area contributed by atoms with E-state index in [4.69, 9.17) is 0 Å². The standard InChI is InChI=1S/C5H12.2CH4/c1-5(2,3)4;;/h1-4H3;2*1H4. The highest BCUT2D eigenvalue weighted by molar-refractivity contribution is 4.47. The first-order valence-electron chi connectivity index (χ1n) is 2.00.